The summed E-state index contributed by atoms with van der Waals surface area (Å²) in [6.45, 7) is 12.2. The number of fused-ring (bicyclic) bond motifs is 3. The molecule has 4 saturated carbocycles. The van der Waals surface area contributed by atoms with Gasteiger partial charge < -0.3 is 0 Å². The Morgan fingerprint density at radius 3 is 2.55 bits per heavy atom. The van der Waals surface area contributed by atoms with Crippen LogP contribution in [0, 0.1) is 34.0 Å². The molecular weight excluding hydrogens is 240 g/mol. The van der Waals surface area contributed by atoms with Crippen molar-refractivity contribution in [2.75, 3.05) is 0 Å². The molecule has 0 aromatic carbocycles. The zero-order valence-electron chi connectivity index (χ0n) is 13.8. The maximum absolute atomic E-state index is 4.44. The van der Waals surface area contributed by atoms with E-state index in [1.165, 1.54) is 57.8 Å². The predicted molar refractivity (Wildman–Crippen MR) is 85.5 cm³/mol. The first-order chi connectivity index (χ1) is 9.37. The minimum Gasteiger partial charge on any atom is -0.0996 e. The van der Waals surface area contributed by atoms with Gasteiger partial charge in [-0.1, -0.05) is 39.3 Å². The maximum atomic E-state index is 4.44. The predicted octanol–water partition coefficient (Wildman–Crippen LogP) is 5.98. The third-order valence-electron chi connectivity index (χ3n) is 8.36. The molecule has 0 radical (unpaired) electrons. The van der Waals surface area contributed by atoms with Crippen LogP contribution < -0.4 is 0 Å². The normalized spacial score (nSPS) is 53.4. The summed E-state index contributed by atoms with van der Waals surface area (Å²) in [5.74, 6) is 2.87. The van der Waals surface area contributed by atoms with Crippen LogP contribution >= 0.6 is 0 Å². The van der Waals surface area contributed by atoms with E-state index < -0.39 is 0 Å². The van der Waals surface area contributed by atoms with Crippen molar-refractivity contribution in [1.29, 1.82) is 0 Å². The molecule has 0 amide bonds. The van der Waals surface area contributed by atoms with Crippen LogP contribution in [-0.4, -0.2) is 0 Å². The molecule has 1 spiro atoms. The molecular formula is C20H32. The lowest BCUT2D eigenvalue weighted by atomic mass is 9.41. The lowest BCUT2D eigenvalue weighted by Gasteiger charge is -2.64. The van der Waals surface area contributed by atoms with Gasteiger partial charge in [0.1, 0.15) is 0 Å². The van der Waals surface area contributed by atoms with Crippen molar-refractivity contribution in [3.05, 3.63) is 12.2 Å². The number of allylic oxidation sites excluding steroid dienone is 1. The summed E-state index contributed by atoms with van der Waals surface area (Å²) < 4.78 is 0. The van der Waals surface area contributed by atoms with E-state index in [4.69, 9.17) is 0 Å². The van der Waals surface area contributed by atoms with Crippen LogP contribution in [0.2, 0.25) is 0 Å². The van der Waals surface area contributed by atoms with Gasteiger partial charge >= 0.3 is 0 Å². The minimum atomic E-state index is 0.584. The van der Waals surface area contributed by atoms with E-state index >= 15 is 0 Å². The van der Waals surface area contributed by atoms with Gasteiger partial charge in [-0.25, -0.2) is 0 Å². The highest BCUT2D eigenvalue weighted by Gasteiger charge is 2.62. The van der Waals surface area contributed by atoms with E-state index in [9.17, 15) is 0 Å². The van der Waals surface area contributed by atoms with E-state index in [1.807, 2.05) is 0 Å². The monoisotopic (exact) mass is 272 g/mol. The summed E-state index contributed by atoms with van der Waals surface area (Å²) in [5.41, 5.74) is 3.51. The van der Waals surface area contributed by atoms with Crippen molar-refractivity contribution in [2.45, 2.75) is 78.6 Å². The number of rotatable bonds is 0. The molecule has 0 heteroatoms. The fourth-order valence-corrected chi connectivity index (χ4v) is 7.68. The first-order valence-corrected chi connectivity index (χ1v) is 9.05. The zero-order valence-corrected chi connectivity index (χ0v) is 13.8. The number of hydrogen-bond acceptors (Lipinski definition) is 0. The quantitative estimate of drug-likeness (QED) is 0.476. The second kappa shape index (κ2) is 3.93. The summed E-state index contributed by atoms with van der Waals surface area (Å²) in [7, 11) is 0. The Kier molecular flexibility index (Phi) is 2.63. The van der Waals surface area contributed by atoms with Crippen LogP contribution in [0.15, 0.2) is 12.2 Å². The van der Waals surface area contributed by atoms with Crippen molar-refractivity contribution >= 4 is 0 Å². The van der Waals surface area contributed by atoms with Gasteiger partial charge in [0.2, 0.25) is 0 Å². The van der Waals surface area contributed by atoms with Crippen LogP contribution in [0.4, 0.5) is 0 Å². The average molecular weight is 272 g/mol. The van der Waals surface area contributed by atoms with Crippen LogP contribution in [0.5, 0.6) is 0 Å². The first kappa shape index (κ1) is 13.4. The second-order valence-corrected chi connectivity index (χ2v) is 9.67. The molecule has 0 unspecified atom stereocenters. The molecule has 0 aliphatic heterocycles. The summed E-state index contributed by atoms with van der Waals surface area (Å²) >= 11 is 0. The lowest BCUT2D eigenvalue weighted by molar-refractivity contribution is -0.144. The summed E-state index contributed by atoms with van der Waals surface area (Å²) in [4.78, 5) is 0. The van der Waals surface area contributed by atoms with Crippen molar-refractivity contribution in [3.63, 3.8) is 0 Å². The molecule has 4 fully saturated rings. The molecule has 0 aromatic heterocycles. The van der Waals surface area contributed by atoms with E-state index in [0.29, 0.717) is 16.2 Å². The van der Waals surface area contributed by atoms with Gasteiger partial charge in [0.15, 0.2) is 0 Å². The molecule has 0 saturated heterocycles. The smallest absolute Gasteiger partial charge is 0.0200 e. The molecule has 5 atom stereocenters. The van der Waals surface area contributed by atoms with E-state index in [0.717, 1.165) is 17.8 Å². The Morgan fingerprint density at radius 2 is 1.75 bits per heavy atom. The SMILES string of the molecule is C=C1C[C@]23CC[C@@H]4C(C)(C)CCC[C@]4(C)[C@H]2CC[C@H]1C3. The van der Waals surface area contributed by atoms with E-state index in [1.54, 1.807) is 5.57 Å². The molecule has 4 aliphatic carbocycles. The highest BCUT2D eigenvalue weighted by molar-refractivity contribution is 5.22. The summed E-state index contributed by atoms with van der Waals surface area (Å²) in [6.07, 6.45) is 13.3. The highest BCUT2D eigenvalue weighted by Crippen LogP contribution is 2.72. The van der Waals surface area contributed by atoms with Gasteiger partial charge in [0.05, 0.1) is 0 Å². The molecule has 0 aromatic rings. The standard InChI is InChI=1S/C20H32/c1-14-12-20-11-8-16-18(2,3)9-5-10-19(16,4)17(20)7-6-15(14)13-20/h15-17H,1,5-13H2,2-4H3/t15-,16+,17+,19-,20-/m0/s1. The molecule has 20 heavy (non-hydrogen) atoms. The Bertz CT molecular complexity index is 445. The average Bonchev–Trinajstić information content (AvgIpc) is 2.58. The summed E-state index contributed by atoms with van der Waals surface area (Å²) in [5, 5.41) is 0. The topological polar surface area (TPSA) is 0 Å². The zero-order chi connectivity index (χ0) is 14.2. The molecule has 4 rings (SSSR count). The van der Waals surface area contributed by atoms with Gasteiger partial charge in [-0.15, -0.1) is 0 Å². The van der Waals surface area contributed by atoms with Gasteiger partial charge in [0, 0.05) is 0 Å². The van der Waals surface area contributed by atoms with Crippen LogP contribution in [0.25, 0.3) is 0 Å². The Balaban J connectivity index is 1.74. The third-order valence-corrected chi connectivity index (χ3v) is 8.36. The molecule has 0 heterocycles. The second-order valence-electron chi connectivity index (χ2n) is 9.67. The van der Waals surface area contributed by atoms with Crippen LogP contribution in [0.1, 0.15) is 78.6 Å². The minimum absolute atomic E-state index is 0.584. The third kappa shape index (κ3) is 1.54. The number of hydrogen-bond donors (Lipinski definition) is 0. The molecule has 112 valence electrons. The Labute approximate surface area is 125 Å². The maximum Gasteiger partial charge on any atom is -0.0200 e. The van der Waals surface area contributed by atoms with Crippen molar-refractivity contribution in [3.8, 4) is 0 Å². The van der Waals surface area contributed by atoms with Gasteiger partial charge in [-0.05, 0) is 85.4 Å². The molecule has 0 nitrogen and oxygen atoms in total. The Morgan fingerprint density at radius 1 is 0.950 bits per heavy atom. The largest absolute Gasteiger partial charge is 0.0996 e. The highest BCUT2D eigenvalue weighted by atomic mass is 14.7. The van der Waals surface area contributed by atoms with Crippen LogP contribution in [0.3, 0.4) is 0 Å². The molecule has 2 bridgehead atoms. The van der Waals surface area contributed by atoms with Crippen molar-refractivity contribution in [1.82, 2.24) is 0 Å². The van der Waals surface area contributed by atoms with Crippen molar-refractivity contribution < 1.29 is 0 Å². The van der Waals surface area contributed by atoms with Crippen LogP contribution in [-0.2, 0) is 0 Å². The van der Waals surface area contributed by atoms with E-state index in [2.05, 4.69) is 27.4 Å². The molecule has 0 N–H and O–H groups in total. The van der Waals surface area contributed by atoms with E-state index in [-0.39, 0.29) is 0 Å². The van der Waals surface area contributed by atoms with Gasteiger partial charge in [0.25, 0.3) is 0 Å². The molecule has 4 aliphatic rings. The lowest BCUT2D eigenvalue weighted by Crippen LogP contribution is -2.55. The van der Waals surface area contributed by atoms with Gasteiger partial charge in [-0.3, -0.25) is 0 Å². The van der Waals surface area contributed by atoms with Crippen molar-refractivity contribution in [2.24, 2.45) is 34.0 Å². The van der Waals surface area contributed by atoms with Gasteiger partial charge in [-0.2, -0.15) is 0 Å². The fraction of sp³-hybridized carbons (Fsp3) is 0.900. The fourth-order valence-electron chi connectivity index (χ4n) is 7.68. The first-order valence-electron chi connectivity index (χ1n) is 9.05. The summed E-state index contributed by atoms with van der Waals surface area (Å²) in [6, 6.07) is 0. The Hall–Kier alpha value is -0.260.